The monoisotopic (exact) mass is 500 g/mol. The highest BCUT2D eigenvalue weighted by Crippen LogP contribution is 2.46. The smallest absolute Gasteiger partial charge is 0.163 e. The van der Waals surface area contributed by atoms with Gasteiger partial charge in [0.2, 0.25) is 0 Å². The Kier molecular flexibility index (Phi) is 7.21. The van der Waals surface area contributed by atoms with Crippen LogP contribution in [-0.4, -0.2) is 30.5 Å². The number of carbonyl (C=O) groups is 1. The van der Waals surface area contributed by atoms with Gasteiger partial charge >= 0.3 is 0 Å². The third-order valence-electron chi connectivity index (χ3n) is 6.24. The topological polar surface area (TPSA) is 42.4 Å². The van der Waals surface area contributed by atoms with Gasteiger partial charge in [-0.05, 0) is 91.9 Å². The van der Waals surface area contributed by atoms with E-state index >= 15 is 0 Å². The number of nitrogens with zero attached hydrogens (tertiary/aromatic N) is 2. The number of ketones is 1. The Morgan fingerprint density at radius 3 is 2.00 bits per heavy atom. The molecule has 4 rings (SSSR count). The molecule has 0 amide bonds. The van der Waals surface area contributed by atoms with Gasteiger partial charge in [-0.15, -0.1) is 0 Å². The molecule has 0 N–H and O–H groups in total. The van der Waals surface area contributed by atoms with E-state index in [4.69, 9.17) is 16.3 Å². The number of aromatic nitrogens is 1. The van der Waals surface area contributed by atoms with E-state index < -0.39 is 11.7 Å². The first-order valence-corrected chi connectivity index (χ1v) is 12.5. The van der Waals surface area contributed by atoms with Gasteiger partial charge in [-0.2, -0.15) is 0 Å². The van der Waals surface area contributed by atoms with Crippen LogP contribution in [0.1, 0.15) is 44.9 Å². The summed E-state index contributed by atoms with van der Waals surface area (Å²) in [5, 5.41) is 2.82. The summed E-state index contributed by atoms with van der Waals surface area (Å²) in [5.74, 6) is 0.849. The van der Waals surface area contributed by atoms with Crippen LogP contribution in [0.25, 0.3) is 33.0 Å². The van der Waals surface area contributed by atoms with Crippen LogP contribution in [-0.2, 0) is 9.53 Å². The van der Waals surface area contributed by atoms with Crippen molar-refractivity contribution in [3.05, 3.63) is 83.0 Å². The zero-order chi connectivity index (χ0) is 26.2. The molecule has 0 spiro atoms. The Hall–Kier alpha value is -3.21. The number of hydrogen-bond donors (Lipinski definition) is 0. The molecule has 5 heteroatoms. The highest BCUT2D eigenvalue weighted by Gasteiger charge is 2.31. The Morgan fingerprint density at radius 1 is 0.917 bits per heavy atom. The first-order valence-electron chi connectivity index (χ1n) is 12.1. The molecular weight excluding hydrogens is 468 g/mol. The highest BCUT2D eigenvalue weighted by molar-refractivity contribution is 6.30. The zero-order valence-electron chi connectivity index (χ0n) is 22.0. The van der Waals surface area contributed by atoms with E-state index in [0.717, 1.165) is 50.0 Å². The van der Waals surface area contributed by atoms with Crippen molar-refractivity contribution in [3.8, 4) is 22.3 Å². The lowest BCUT2D eigenvalue weighted by atomic mass is 9.81. The van der Waals surface area contributed by atoms with E-state index in [-0.39, 0.29) is 5.78 Å². The van der Waals surface area contributed by atoms with E-state index in [9.17, 15) is 4.79 Å². The van der Waals surface area contributed by atoms with Crippen molar-refractivity contribution in [2.75, 3.05) is 19.0 Å². The lowest BCUT2D eigenvalue weighted by Crippen LogP contribution is -2.27. The molecule has 4 nitrogen and oxygen atoms in total. The maximum absolute atomic E-state index is 13.2. The van der Waals surface area contributed by atoms with Gasteiger partial charge in [-0.25, -0.2) is 4.98 Å². The lowest BCUT2D eigenvalue weighted by Gasteiger charge is -2.31. The van der Waals surface area contributed by atoms with Gasteiger partial charge in [0.15, 0.2) is 5.78 Å². The molecule has 186 valence electrons. The van der Waals surface area contributed by atoms with Crippen molar-refractivity contribution in [1.29, 1.82) is 0 Å². The van der Waals surface area contributed by atoms with Crippen molar-refractivity contribution in [1.82, 2.24) is 4.98 Å². The molecule has 0 radical (unpaired) electrons. The summed E-state index contributed by atoms with van der Waals surface area (Å²) in [6, 6.07) is 20.2. The van der Waals surface area contributed by atoms with Gasteiger partial charge < -0.3 is 9.64 Å². The van der Waals surface area contributed by atoms with Gasteiger partial charge in [-0.1, -0.05) is 48.0 Å². The van der Waals surface area contributed by atoms with Crippen LogP contribution >= 0.6 is 11.6 Å². The van der Waals surface area contributed by atoms with Crippen LogP contribution in [0.4, 0.5) is 5.82 Å². The average molecular weight is 501 g/mol. The second-order valence-electron chi connectivity index (χ2n) is 10.4. The number of pyridine rings is 1. The molecule has 0 aliphatic carbocycles. The molecule has 3 aromatic carbocycles. The van der Waals surface area contributed by atoms with Crippen molar-refractivity contribution < 1.29 is 9.53 Å². The fourth-order valence-electron chi connectivity index (χ4n) is 4.71. The van der Waals surface area contributed by atoms with Gasteiger partial charge in [0.25, 0.3) is 0 Å². The van der Waals surface area contributed by atoms with E-state index in [1.165, 1.54) is 0 Å². The van der Waals surface area contributed by atoms with Crippen molar-refractivity contribution in [3.63, 3.8) is 0 Å². The number of fused-ring (bicyclic) bond motifs is 1. The molecule has 0 saturated carbocycles. The number of hydrogen-bond acceptors (Lipinski definition) is 4. The summed E-state index contributed by atoms with van der Waals surface area (Å²) in [7, 11) is 3.95. The molecule has 0 saturated heterocycles. The normalized spacial score (nSPS) is 12.6. The van der Waals surface area contributed by atoms with Crippen LogP contribution in [0.5, 0.6) is 0 Å². The van der Waals surface area contributed by atoms with Gasteiger partial charge in [-0.3, -0.25) is 4.79 Å². The SMILES string of the molecule is CC(=O)C(OC(C)(C)C)c1c(C)c(-c2ccc(N(C)C)nc2)c2ccccc2c1-c1ccc(Cl)cc1. The molecule has 0 fully saturated rings. The maximum atomic E-state index is 13.2. The van der Waals surface area contributed by atoms with E-state index in [1.807, 2.05) is 88.4 Å². The zero-order valence-corrected chi connectivity index (χ0v) is 22.8. The molecule has 0 aliphatic heterocycles. The van der Waals surface area contributed by atoms with Crippen molar-refractivity contribution >= 4 is 34.0 Å². The summed E-state index contributed by atoms with van der Waals surface area (Å²) < 4.78 is 6.44. The minimum Gasteiger partial charge on any atom is -0.363 e. The first-order chi connectivity index (χ1) is 17.0. The standard InChI is InChI=1S/C31H33ClN2O2/c1-19-27(22-14-17-26(33-18-22)34(6)7)24-10-8-9-11-25(24)29(21-12-15-23(32)16-13-21)28(19)30(20(2)35)36-31(3,4)5/h8-18,30H,1-7H3. The second kappa shape index (κ2) is 10.0. The minimum atomic E-state index is -0.729. The number of anilines is 1. The number of carbonyl (C=O) groups excluding carboxylic acids is 1. The summed E-state index contributed by atoms with van der Waals surface area (Å²) >= 11 is 6.24. The predicted octanol–water partition coefficient (Wildman–Crippen LogP) is 8.04. The number of rotatable bonds is 6. The summed E-state index contributed by atoms with van der Waals surface area (Å²) in [6.07, 6.45) is 1.18. The Labute approximate surface area is 218 Å². The van der Waals surface area contributed by atoms with Crippen LogP contribution in [0.2, 0.25) is 5.02 Å². The van der Waals surface area contributed by atoms with Crippen molar-refractivity contribution in [2.24, 2.45) is 0 Å². The Bertz CT molecular complexity index is 1400. The summed E-state index contributed by atoms with van der Waals surface area (Å²) in [4.78, 5) is 19.8. The van der Waals surface area contributed by atoms with E-state index in [1.54, 1.807) is 6.92 Å². The van der Waals surface area contributed by atoms with E-state index in [0.29, 0.717) is 5.02 Å². The number of benzene rings is 3. The van der Waals surface area contributed by atoms with Gasteiger partial charge in [0, 0.05) is 36.4 Å². The molecule has 0 bridgehead atoms. The van der Waals surface area contributed by atoms with Crippen molar-refractivity contribution in [2.45, 2.75) is 46.3 Å². The van der Waals surface area contributed by atoms with Crippen LogP contribution in [0.15, 0.2) is 66.9 Å². The Balaban J connectivity index is 2.13. The largest absolute Gasteiger partial charge is 0.363 e. The highest BCUT2D eigenvalue weighted by atomic mass is 35.5. The number of Topliss-reactive ketones (excluding diaryl/α,β-unsaturated/α-hetero) is 1. The fourth-order valence-corrected chi connectivity index (χ4v) is 4.84. The Morgan fingerprint density at radius 2 is 1.50 bits per heavy atom. The molecule has 1 unspecified atom stereocenters. The molecule has 4 aromatic rings. The van der Waals surface area contributed by atoms with Gasteiger partial charge in [0.05, 0.1) is 5.60 Å². The molecular formula is C31H33ClN2O2. The second-order valence-corrected chi connectivity index (χ2v) is 10.8. The first kappa shape index (κ1) is 25.9. The maximum Gasteiger partial charge on any atom is 0.163 e. The van der Waals surface area contributed by atoms with Crippen LogP contribution in [0, 0.1) is 6.92 Å². The average Bonchev–Trinajstić information content (AvgIpc) is 2.82. The predicted molar refractivity (Wildman–Crippen MR) is 151 cm³/mol. The lowest BCUT2D eigenvalue weighted by molar-refractivity contribution is -0.138. The molecule has 1 atom stereocenters. The third kappa shape index (κ3) is 5.16. The number of halogens is 1. The van der Waals surface area contributed by atoms with Gasteiger partial charge in [0.1, 0.15) is 11.9 Å². The van der Waals surface area contributed by atoms with E-state index in [2.05, 4.69) is 30.1 Å². The minimum absolute atomic E-state index is 0.0365. The summed E-state index contributed by atoms with van der Waals surface area (Å²) in [5.41, 5.74) is 5.40. The molecule has 0 aliphatic rings. The quantitative estimate of drug-likeness (QED) is 0.268. The number of ether oxygens (including phenoxy) is 1. The molecule has 1 heterocycles. The third-order valence-corrected chi connectivity index (χ3v) is 6.50. The molecule has 1 aromatic heterocycles. The molecule has 36 heavy (non-hydrogen) atoms. The van der Waals surface area contributed by atoms with Crippen LogP contribution in [0.3, 0.4) is 0 Å². The fraction of sp³-hybridized carbons (Fsp3) is 0.290. The summed E-state index contributed by atoms with van der Waals surface area (Å²) in [6.45, 7) is 9.62. The van der Waals surface area contributed by atoms with Crippen LogP contribution < -0.4 is 4.90 Å².